The first-order chi connectivity index (χ1) is 8.15. The molecule has 1 fully saturated rings. The topological polar surface area (TPSA) is 23.5 Å². The quantitative estimate of drug-likeness (QED) is 0.876. The molecule has 0 saturated carbocycles. The van der Waals surface area contributed by atoms with Crippen molar-refractivity contribution in [3.63, 3.8) is 0 Å². The normalized spacial score (nSPS) is 26.4. The molecule has 94 valence electrons. The number of nitrogens with zero attached hydrogens (tertiary/aromatic N) is 1. The molecule has 4 heteroatoms. The Morgan fingerprint density at radius 2 is 1.94 bits per heavy atom. The predicted molar refractivity (Wildman–Crippen MR) is 61.8 cm³/mol. The van der Waals surface area contributed by atoms with E-state index >= 15 is 0 Å². The maximum atomic E-state index is 12.7. The molecule has 0 spiro atoms. The zero-order valence-corrected chi connectivity index (χ0v) is 9.60. The number of aliphatic hydroxyl groups is 1. The van der Waals surface area contributed by atoms with E-state index in [4.69, 9.17) is 0 Å². The number of rotatable bonds is 3. The zero-order chi connectivity index (χ0) is 12.3. The van der Waals surface area contributed by atoms with Crippen LogP contribution in [0.4, 0.5) is 8.78 Å². The summed E-state index contributed by atoms with van der Waals surface area (Å²) in [6.07, 6.45) is -2.77. The minimum Gasteiger partial charge on any atom is -0.392 e. The van der Waals surface area contributed by atoms with Crippen molar-refractivity contribution in [2.45, 2.75) is 25.5 Å². The first-order valence-corrected chi connectivity index (χ1v) is 5.87. The first-order valence-electron chi connectivity index (χ1n) is 5.87. The lowest BCUT2D eigenvalue weighted by atomic mass is 9.96. The number of piperidine rings is 1. The Labute approximate surface area is 99.9 Å². The summed E-state index contributed by atoms with van der Waals surface area (Å²) in [5.41, 5.74) is 1.09. The van der Waals surface area contributed by atoms with Crippen molar-refractivity contribution in [2.75, 3.05) is 13.1 Å². The second kappa shape index (κ2) is 5.56. The Balaban J connectivity index is 1.96. The van der Waals surface area contributed by atoms with Crippen molar-refractivity contribution in [1.82, 2.24) is 4.90 Å². The molecule has 1 aliphatic rings. The molecule has 0 bridgehead atoms. The molecule has 0 aliphatic carbocycles. The van der Waals surface area contributed by atoms with Crippen LogP contribution < -0.4 is 0 Å². The van der Waals surface area contributed by atoms with Gasteiger partial charge in [-0.2, -0.15) is 0 Å². The van der Waals surface area contributed by atoms with E-state index in [0.29, 0.717) is 19.6 Å². The molecule has 1 aliphatic heterocycles. The highest BCUT2D eigenvalue weighted by Crippen LogP contribution is 2.24. The van der Waals surface area contributed by atoms with Crippen LogP contribution in [0.5, 0.6) is 0 Å². The Bertz CT molecular complexity index is 345. The number of hydrogen-bond donors (Lipinski definition) is 1. The highest BCUT2D eigenvalue weighted by atomic mass is 19.3. The van der Waals surface area contributed by atoms with Gasteiger partial charge in [-0.15, -0.1) is 0 Å². The van der Waals surface area contributed by atoms with Gasteiger partial charge in [0, 0.05) is 25.6 Å². The fraction of sp³-hybridized carbons (Fsp3) is 0.538. The highest BCUT2D eigenvalue weighted by Gasteiger charge is 2.31. The van der Waals surface area contributed by atoms with Crippen LogP contribution in [0.2, 0.25) is 0 Å². The molecule has 1 aromatic rings. The number of likely N-dealkylation sites (tertiary alicyclic amines) is 1. The molecule has 0 radical (unpaired) electrons. The van der Waals surface area contributed by atoms with E-state index in [9.17, 15) is 13.9 Å². The van der Waals surface area contributed by atoms with E-state index in [1.54, 1.807) is 0 Å². The summed E-state index contributed by atoms with van der Waals surface area (Å²) in [6.45, 7) is 1.48. The standard InChI is InChI=1S/C13H17F2NO/c14-13(15)11-6-12(17)9-16(8-11)7-10-4-2-1-3-5-10/h1-5,11-13,17H,6-9H2. The average Bonchev–Trinajstić information content (AvgIpc) is 2.29. The zero-order valence-electron chi connectivity index (χ0n) is 9.60. The molecule has 1 N–H and O–H groups in total. The molecular formula is C13H17F2NO. The largest absolute Gasteiger partial charge is 0.392 e. The smallest absolute Gasteiger partial charge is 0.242 e. The van der Waals surface area contributed by atoms with Gasteiger partial charge in [-0.1, -0.05) is 30.3 Å². The monoisotopic (exact) mass is 241 g/mol. The number of benzene rings is 1. The lowest BCUT2D eigenvalue weighted by molar-refractivity contribution is -0.0280. The Morgan fingerprint density at radius 3 is 2.59 bits per heavy atom. The summed E-state index contributed by atoms with van der Waals surface area (Å²) < 4.78 is 25.3. The van der Waals surface area contributed by atoms with E-state index in [1.165, 1.54) is 0 Å². The number of halogens is 2. The summed E-state index contributed by atoms with van der Waals surface area (Å²) in [5.74, 6) is -0.706. The Kier molecular flexibility index (Phi) is 4.07. The summed E-state index contributed by atoms with van der Waals surface area (Å²) in [5, 5.41) is 9.60. The van der Waals surface area contributed by atoms with Crippen LogP contribution in [-0.4, -0.2) is 35.6 Å². The molecule has 1 heterocycles. The van der Waals surface area contributed by atoms with Crippen LogP contribution in [0.25, 0.3) is 0 Å². The molecule has 0 amide bonds. The number of aliphatic hydroxyl groups excluding tert-OH is 1. The Hall–Kier alpha value is -1.00. The van der Waals surface area contributed by atoms with Gasteiger partial charge < -0.3 is 5.11 Å². The van der Waals surface area contributed by atoms with E-state index < -0.39 is 18.4 Å². The van der Waals surface area contributed by atoms with Crippen molar-refractivity contribution < 1.29 is 13.9 Å². The first kappa shape index (κ1) is 12.5. The number of β-amino-alcohol motifs (C(OH)–C–C–N with tert-alkyl or cyclic N) is 1. The van der Waals surface area contributed by atoms with Crippen LogP contribution >= 0.6 is 0 Å². The molecule has 0 aromatic heterocycles. The third kappa shape index (κ3) is 3.48. The van der Waals surface area contributed by atoms with Gasteiger partial charge in [-0.3, -0.25) is 4.90 Å². The molecular weight excluding hydrogens is 224 g/mol. The van der Waals surface area contributed by atoms with Gasteiger partial charge in [0.1, 0.15) is 0 Å². The molecule has 2 unspecified atom stereocenters. The van der Waals surface area contributed by atoms with E-state index in [2.05, 4.69) is 0 Å². The van der Waals surface area contributed by atoms with Gasteiger partial charge in [0.15, 0.2) is 0 Å². The van der Waals surface area contributed by atoms with Crippen LogP contribution in [0.1, 0.15) is 12.0 Å². The van der Waals surface area contributed by atoms with Crippen LogP contribution in [-0.2, 0) is 6.54 Å². The summed E-state index contributed by atoms with van der Waals surface area (Å²) in [6, 6.07) is 9.73. The SMILES string of the molecule is OC1CC(C(F)F)CN(Cc2ccccc2)C1. The molecule has 1 aromatic carbocycles. The lowest BCUT2D eigenvalue weighted by Crippen LogP contribution is -2.44. The van der Waals surface area contributed by atoms with Gasteiger partial charge >= 0.3 is 0 Å². The van der Waals surface area contributed by atoms with Gasteiger partial charge in [-0.05, 0) is 12.0 Å². The van der Waals surface area contributed by atoms with Crippen molar-refractivity contribution in [3.05, 3.63) is 35.9 Å². The number of hydrogen-bond acceptors (Lipinski definition) is 2. The van der Waals surface area contributed by atoms with Crippen LogP contribution in [0.15, 0.2) is 30.3 Å². The van der Waals surface area contributed by atoms with Crippen molar-refractivity contribution in [1.29, 1.82) is 0 Å². The average molecular weight is 241 g/mol. The Morgan fingerprint density at radius 1 is 1.24 bits per heavy atom. The number of alkyl halides is 2. The fourth-order valence-corrected chi connectivity index (χ4v) is 2.36. The minimum atomic E-state index is -2.34. The van der Waals surface area contributed by atoms with Crippen molar-refractivity contribution in [2.24, 2.45) is 5.92 Å². The van der Waals surface area contributed by atoms with E-state index in [0.717, 1.165) is 5.56 Å². The summed E-state index contributed by atoms with van der Waals surface area (Å²) in [7, 11) is 0. The molecule has 2 atom stereocenters. The summed E-state index contributed by atoms with van der Waals surface area (Å²) >= 11 is 0. The third-order valence-corrected chi connectivity index (χ3v) is 3.14. The van der Waals surface area contributed by atoms with Gasteiger partial charge in [0.2, 0.25) is 6.43 Å². The van der Waals surface area contributed by atoms with E-state index in [1.807, 2.05) is 35.2 Å². The maximum Gasteiger partial charge on any atom is 0.242 e. The highest BCUT2D eigenvalue weighted by molar-refractivity contribution is 5.14. The van der Waals surface area contributed by atoms with Gasteiger partial charge in [0.25, 0.3) is 0 Å². The maximum absolute atomic E-state index is 12.7. The lowest BCUT2D eigenvalue weighted by Gasteiger charge is -2.35. The molecule has 2 nitrogen and oxygen atoms in total. The van der Waals surface area contributed by atoms with Crippen LogP contribution in [0, 0.1) is 5.92 Å². The third-order valence-electron chi connectivity index (χ3n) is 3.14. The van der Waals surface area contributed by atoms with Gasteiger partial charge in [0.05, 0.1) is 6.10 Å². The van der Waals surface area contributed by atoms with Crippen LogP contribution in [0.3, 0.4) is 0 Å². The van der Waals surface area contributed by atoms with Gasteiger partial charge in [-0.25, -0.2) is 8.78 Å². The van der Waals surface area contributed by atoms with Crippen molar-refractivity contribution in [3.8, 4) is 0 Å². The molecule has 17 heavy (non-hydrogen) atoms. The minimum absolute atomic E-state index is 0.211. The van der Waals surface area contributed by atoms with E-state index in [-0.39, 0.29) is 6.42 Å². The fourth-order valence-electron chi connectivity index (χ4n) is 2.36. The molecule has 1 saturated heterocycles. The second-order valence-corrected chi connectivity index (χ2v) is 4.66. The summed E-state index contributed by atoms with van der Waals surface area (Å²) in [4.78, 5) is 1.90. The van der Waals surface area contributed by atoms with Crippen molar-refractivity contribution >= 4 is 0 Å². The molecule has 2 rings (SSSR count). The predicted octanol–water partition coefficient (Wildman–Crippen LogP) is 2.13. The second-order valence-electron chi connectivity index (χ2n) is 4.66.